The number of carbonyl (C=O) groups is 2. The average molecular weight is 430 g/mol. The zero-order chi connectivity index (χ0) is 22.3. The maximum Gasteiger partial charge on any atom is 0.255 e. The third kappa shape index (κ3) is 5.93. The Morgan fingerprint density at radius 1 is 1.10 bits per heavy atom. The molecule has 2 aromatic carbocycles. The Morgan fingerprint density at radius 2 is 1.73 bits per heavy atom. The van der Waals surface area contributed by atoms with Crippen LogP contribution in [0.1, 0.15) is 41.0 Å². The molecule has 0 aliphatic heterocycles. The van der Waals surface area contributed by atoms with E-state index in [1.165, 1.54) is 22.5 Å². The number of carbonyl (C=O) groups excluding carboxylic acids is 2. The van der Waals surface area contributed by atoms with Crippen molar-refractivity contribution in [3.63, 3.8) is 0 Å². The van der Waals surface area contributed by atoms with Gasteiger partial charge in [0.1, 0.15) is 0 Å². The van der Waals surface area contributed by atoms with Gasteiger partial charge in [-0.05, 0) is 49.7 Å². The van der Waals surface area contributed by atoms with Gasteiger partial charge in [0, 0.05) is 11.6 Å². The Balaban J connectivity index is 2.21. The lowest BCUT2D eigenvalue weighted by Gasteiger charge is -2.20. The quantitative estimate of drug-likeness (QED) is 0.597. The second kappa shape index (κ2) is 10.1. The van der Waals surface area contributed by atoms with Crippen molar-refractivity contribution < 1.29 is 18.0 Å². The Hall–Kier alpha value is -3.13. The summed E-state index contributed by atoms with van der Waals surface area (Å²) in [7, 11) is -3.47. The van der Waals surface area contributed by atoms with Crippen LogP contribution in [0.2, 0.25) is 0 Å². The largest absolute Gasteiger partial charge is 0.350 e. The first kappa shape index (κ1) is 23.2. The van der Waals surface area contributed by atoms with Crippen molar-refractivity contribution in [2.45, 2.75) is 26.3 Å². The number of anilines is 2. The summed E-state index contributed by atoms with van der Waals surface area (Å²) in [6, 6.07) is 13.0. The normalized spacial score (nSPS) is 12.0. The molecule has 2 aromatic rings. The third-order valence-electron chi connectivity index (χ3n) is 4.52. The summed E-state index contributed by atoms with van der Waals surface area (Å²) >= 11 is 0. The molecule has 0 spiro atoms. The minimum absolute atomic E-state index is 0.0159. The monoisotopic (exact) mass is 429 g/mol. The highest BCUT2D eigenvalue weighted by Crippen LogP contribution is 2.20. The molecule has 0 aromatic heterocycles. The van der Waals surface area contributed by atoms with Gasteiger partial charge in [0.25, 0.3) is 11.8 Å². The Morgan fingerprint density at radius 3 is 2.30 bits per heavy atom. The minimum atomic E-state index is -3.47. The predicted molar refractivity (Wildman–Crippen MR) is 120 cm³/mol. The SMILES string of the molecule is C=CCN(c1ccc(C(=O)Nc2ccccc2C(=O)N[C@@H](C)CC)cc1)S(C)(=O)=O. The van der Waals surface area contributed by atoms with Crippen LogP contribution in [0.5, 0.6) is 0 Å². The highest BCUT2D eigenvalue weighted by molar-refractivity contribution is 7.92. The lowest BCUT2D eigenvalue weighted by Crippen LogP contribution is -2.32. The van der Waals surface area contributed by atoms with Crippen LogP contribution in [0.15, 0.2) is 61.2 Å². The molecule has 0 fully saturated rings. The second-order valence-corrected chi connectivity index (χ2v) is 8.82. The number of amides is 2. The summed E-state index contributed by atoms with van der Waals surface area (Å²) in [5, 5.41) is 5.64. The van der Waals surface area contributed by atoms with Gasteiger partial charge in [0.15, 0.2) is 0 Å². The molecule has 160 valence electrons. The number of nitrogens with one attached hydrogen (secondary N) is 2. The first-order valence-electron chi connectivity index (χ1n) is 9.57. The fraction of sp³-hybridized carbons (Fsp3) is 0.273. The number of hydrogen-bond acceptors (Lipinski definition) is 4. The van der Waals surface area contributed by atoms with Gasteiger partial charge in [-0.2, -0.15) is 0 Å². The third-order valence-corrected chi connectivity index (χ3v) is 5.68. The maximum atomic E-state index is 12.7. The van der Waals surface area contributed by atoms with Crippen molar-refractivity contribution in [3.8, 4) is 0 Å². The summed E-state index contributed by atoms with van der Waals surface area (Å²) in [5.74, 6) is -0.663. The van der Waals surface area contributed by atoms with E-state index in [1.54, 1.807) is 36.4 Å². The Labute approximate surface area is 177 Å². The van der Waals surface area contributed by atoms with Crippen LogP contribution in [0.25, 0.3) is 0 Å². The smallest absolute Gasteiger partial charge is 0.255 e. The van der Waals surface area contributed by atoms with Crippen molar-refractivity contribution in [1.29, 1.82) is 0 Å². The molecule has 0 aliphatic carbocycles. The molecule has 1 atom stereocenters. The van der Waals surface area contributed by atoms with E-state index < -0.39 is 15.9 Å². The van der Waals surface area contributed by atoms with E-state index in [9.17, 15) is 18.0 Å². The van der Waals surface area contributed by atoms with E-state index in [-0.39, 0.29) is 18.5 Å². The molecule has 2 N–H and O–H groups in total. The first-order chi connectivity index (χ1) is 14.2. The number of para-hydroxylation sites is 1. The van der Waals surface area contributed by atoms with Gasteiger partial charge in [-0.25, -0.2) is 8.42 Å². The molecule has 7 nitrogen and oxygen atoms in total. The van der Waals surface area contributed by atoms with Crippen molar-refractivity contribution in [3.05, 3.63) is 72.3 Å². The first-order valence-corrected chi connectivity index (χ1v) is 11.4. The van der Waals surface area contributed by atoms with Crippen molar-refractivity contribution >= 4 is 33.2 Å². The molecule has 30 heavy (non-hydrogen) atoms. The summed E-state index contributed by atoms with van der Waals surface area (Å²) in [6.07, 6.45) is 3.39. The maximum absolute atomic E-state index is 12.7. The molecule has 0 aliphatic rings. The van der Waals surface area contributed by atoms with Crippen LogP contribution in [0.3, 0.4) is 0 Å². The molecule has 2 amide bonds. The standard InChI is InChI=1S/C22H27N3O4S/c1-5-15-25(30(4,28)29)18-13-11-17(12-14-18)21(26)24-20-10-8-7-9-19(20)22(27)23-16(3)6-2/h5,7-14,16H,1,6,15H2,2-4H3,(H,23,27)(H,24,26)/t16-/m0/s1. The molecule has 0 heterocycles. The van der Waals surface area contributed by atoms with Gasteiger partial charge in [-0.1, -0.05) is 25.1 Å². The fourth-order valence-corrected chi connectivity index (χ4v) is 3.60. The summed E-state index contributed by atoms with van der Waals surface area (Å²) in [5.41, 5.74) is 1.54. The average Bonchev–Trinajstić information content (AvgIpc) is 2.71. The summed E-state index contributed by atoms with van der Waals surface area (Å²) < 4.78 is 25.1. The van der Waals surface area contributed by atoms with E-state index in [4.69, 9.17) is 0 Å². The van der Waals surface area contributed by atoms with Gasteiger partial charge in [0.05, 0.1) is 29.7 Å². The van der Waals surface area contributed by atoms with Gasteiger partial charge < -0.3 is 10.6 Å². The molecule has 0 unspecified atom stereocenters. The van der Waals surface area contributed by atoms with Crippen molar-refractivity contribution in [2.24, 2.45) is 0 Å². The predicted octanol–water partition coefficient (Wildman–Crippen LogP) is 3.42. The number of benzene rings is 2. The van der Waals surface area contributed by atoms with Gasteiger partial charge in [-0.15, -0.1) is 6.58 Å². The number of nitrogens with zero attached hydrogens (tertiary/aromatic N) is 1. The minimum Gasteiger partial charge on any atom is -0.350 e. The van der Waals surface area contributed by atoms with Gasteiger partial charge in [0.2, 0.25) is 10.0 Å². The van der Waals surface area contributed by atoms with Crippen LogP contribution in [0.4, 0.5) is 11.4 Å². The molecule has 8 heteroatoms. The second-order valence-electron chi connectivity index (χ2n) is 6.91. The van der Waals surface area contributed by atoms with E-state index in [0.717, 1.165) is 12.7 Å². The molecule has 2 rings (SSSR count). The van der Waals surface area contributed by atoms with E-state index in [1.807, 2.05) is 13.8 Å². The van der Waals surface area contributed by atoms with Crippen LogP contribution in [0, 0.1) is 0 Å². The lowest BCUT2D eigenvalue weighted by molar-refractivity contribution is 0.0940. The van der Waals surface area contributed by atoms with E-state index in [2.05, 4.69) is 17.2 Å². The molecular weight excluding hydrogens is 402 g/mol. The molecule has 0 radical (unpaired) electrons. The fourth-order valence-electron chi connectivity index (χ4n) is 2.72. The Kier molecular flexibility index (Phi) is 7.77. The van der Waals surface area contributed by atoms with Crippen molar-refractivity contribution in [2.75, 3.05) is 22.4 Å². The number of hydrogen-bond donors (Lipinski definition) is 2. The van der Waals surface area contributed by atoms with Gasteiger partial charge >= 0.3 is 0 Å². The molecular formula is C22H27N3O4S. The van der Waals surface area contributed by atoms with Crippen LogP contribution >= 0.6 is 0 Å². The molecule has 0 saturated carbocycles. The van der Waals surface area contributed by atoms with E-state index in [0.29, 0.717) is 22.5 Å². The summed E-state index contributed by atoms with van der Waals surface area (Å²) in [4.78, 5) is 25.2. The summed E-state index contributed by atoms with van der Waals surface area (Å²) in [6.45, 7) is 7.59. The highest BCUT2D eigenvalue weighted by atomic mass is 32.2. The topological polar surface area (TPSA) is 95.6 Å². The molecule has 0 saturated heterocycles. The van der Waals surface area contributed by atoms with Crippen LogP contribution in [-0.4, -0.2) is 39.1 Å². The van der Waals surface area contributed by atoms with E-state index >= 15 is 0 Å². The number of rotatable bonds is 9. The number of sulfonamides is 1. The Bertz CT molecular complexity index is 1020. The zero-order valence-corrected chi connectivity index (χ0v) is 18.2. The zero-order valence-electron chi connectivity index (χ0n) is 17.4. The highest BCUT2D eigenvalue weighted by Gasteiger charge is 2.18. The van der Waals surface area contributed by atoms with Crippen LogP contribution < -0.4 is 14.9 Å². The lowest BCUT2D eigenvalue weighted by atomic mass is 10.1. The van der Waals surface area contributed by atoms with Gasteiger partial charge in [-0.3, -0.25) is 13.9 Å². The van der Waals surface area contributed by atoms with Crippen molar-refractivity contribution in [1.82, 2.24) is 5.32 Å². The molecule has 0 bridgehead atoms. The van der Waals surface area contributed by atoms with Crippen LogP contribution in [-0.2, 0) is 10.0 Å².